The van der Waals surface area contributed by atoms with Gasteiger partial charge in [-0.1, -0.05) is 60.7 Å². The van der Waals surface area contributed by atoms with Crippen molar-refractivity contribution in [2.45, 2.75) is 25.0 Å². The Balaban J connectivity index is 2.25. The molecule has 2 aromatic rings. The van der Waals surface area contributed by atoms with Crippen molar-refractivity contribution >= 4 is 34.5 Å². The predicted octanol–water partition coefficient (Wildman–Crippen LogP) is 4.35. The van der Waals surface area contributed by atoms with Gasteiger partial charge in [-0.2, -0.15) is 0 Å². The molecule has 0 saturated heterocycles. The lowest BCUT2D eigenvalue weighted by atomic mass is 9.91. The van der Waals surface area contributed by atoms with Crippen molar-refractivity contribution < 1.29 is 14.9 Å². The summed E-state index contributed by atoms with van der Waals surface area (Å²) in [6.45, 7) is 0.261. The molecule has 0 aliphatic carbocycles. The molecule has 0 spiro atoms. The average molecular weight is 346 g/mol. The third kappa shape index (κ3) is 5.10. The van der Waals surface area contributed by atoms with E-state index in [0.29, 0.717) is 6.42 Å². The summed E-state index contributed by atoms with van der Waals surface area (Å²) < 4.78 is 5.95. The summed E-state index contributed by atoms with van der Waals surface area (Å²) in [6, 6.07) is 19.1. The van der Waals surface area contributed by atoms with Gasteiger partial charge in [0.25, 0.3) is 0 Å². The second-order valence-electron chi connectivity index (χ2n) is 5.31. The number of aliphatic hydroxyl groups is 2. The van der Waals surface area contributed by atoms with E-state index in [0.717, 1.165) is 11.1 Å². The number of hydrogen-bond donors (Lipinski definition) is 2. The van der Waals surface area contributed by atoms with Gasteiger partial charge < -0.3 is 14.9 Å². The van der Waals surface area contributed by atoms with Crippen molar-refractivity contribution in [1.29, 1.82) is 0 Å². The molecule has 120 valence electrons. The molecule has 0 aliphatic rings. The van der Waals surface area contributed by atoms with Crippen molar-refractivity contribution in [1.82, 2.24) is 0 Å². The second-order valence-corrected chi connectivity index (χ2v) is 6.16. The summed E-state index contributed by atoms with van der Waals surface area (Å²) in [4.78, 5) is 0. The Bertz CT molecular complexity index is 658. The number of aliphatic hydroxyl groups excluding tert-OH is 2. The van der Waals surface area contributed by atoms with Gasteiger partial charge in [0.1, 0.15) is 5.60 Å². The van der Waals surface area contributed by atoms with E-state index >= 15 is 0 Å². The van der Waals surface area contributed by atoms with Crippen LogP contribution in [-0.4, -0.2) is 25.9 Å². The molecule has 2 aromatic carbocycles. The van der Waals surface area contributed by atoms with Gasteiger partial charge in [0.2, 0.25) is 0 Å². The SMILES string of the molecule is OC(=S)CC(Cc1ccccc1)(OCc1ccccc1)C(O)=S. The van der Waals surface area contributed by atoms with Crippen molar-refractivity contribution in [3.63, 3.8) is 0 Å². The fraction of sp³-hybridized carbons (Fsp3) is 0.222. The highest BCUT2D eigenvalue weighted by atomic mass is 32.1. The largest absolute Gasteiger partial charge is 0.502 e. The zero-order chi connectivity index (χ0) is 16.7. The molecule has 1 atom stereocenters. The number of hydrogen-bond acceptors (Lipinski definition) is 3. The molecular formula is C18H18O3S2. The van der Waals surface area contributed by atoms with Gasteiger partial charge in [-0.3, -0.25) is 0 Å². The smallest absolute Gasteiger partial charge is 0.190 e. The molecule has 0 heterocycles. The molecule has 2 N–H and O–H groups in total. The molecule has 1 unspecified atom stereocenters. The summed E-state index contributed by atoms with van der Waals surface area (Å²) in [5.74, 6) is 0. The monoisotopic (exact) mass is 346 g/mol. The van der Waals surface area contributed by atoms with E-state index < -0.39 is 5.60 Å². The van der Waals surface area contributed by atoms with E-state index in [1.165, 1.54) is 0 Å². The number of thiocarbonyl (C=S) groups is 2. The van der Waals surface area contributed by atoms with Crippen molar-refractivity contribution in [3.05, 3.63) is 71.8 Å². The van der Waals surface area contributed by atoms with E-state index in [2.05, 4.69) is 0 Å². The van der Waals surface area contributed by atoms with Crippen LogP contribution in [0.25, 0.3) is 0 Å². The number of ether oxygens (including phenoxy) is 1. The standard InChI is InChI=1S/C18H18O3S2/c19-16(22)12-18(17(20)23,11-14-7-3-1-4-8-14)21-13-15-9-5-2-6-10-15/h1-10H,11-13H2,(H,19,22)(H,20,23). The maximum atomic E-state index is 10.1. The predicted molar refractivity (Wildman–Crippen MR) is 99.2 cm³/mol. The van der Waals surface area contributed by atoms with E-state index in [4.69, 9.17) is 29.2 Å². The van der Waals surface area contributed by atoms with Crippen LogP contribution in [-0.2, 0) is 17.8 Å². The van der Waals surface area contributed by atoms with Crippen LogP contribution in [0.3, 0.4) is 0 Å². The summed E-state index contributed by atoms with van der Waals surface area (Å²) >= 11 is 9.84. The minimum Gasteiger partial charge on any atom is -0.502 e. The average Bonchev–Trinajstić information content (AvgIpc) is 2.54. The van der Waals surface area contributed by atoms with Crippen LogP contribution in [0.4, 0.5) is 0 Å². The molecule has 23 heavy (non-hydrogen) atoms. The minimum absolute atomic E-state index is 0.0284. The van der Waals surface area contributed by atoms with Gasteiger partial charge in [0.15, 0.2) is 10.1 Å². The summed E-state index contributed by atoms with van der Waals surface area (Å²) in [6.07, 6.45) is 0.302. The fourth-order valence-electron chi connectivity index (χ4n) is 2.34. The molecule has 0 radical (unpaired) electrons. The highest BCUT2D eigenvalue weighted by Gasteiger charge is 2.38. The first-order valence-corrected chi connectivity index (χ1v) is 8.00. The molecule has 0 aliphatic heterocycles. The van der Waals surface area contributed by atoms with E-state index in [1.54, 1.807) is 0 Å². The first-order valence-electron chi connectivity index (χ1n) is 7.19. The highest BCUT2D eigenvalue weighted by Crippen LogP contribution is 2.26. The molecule has 0 saturated carbocycles. The molecule has 2 rings (SSSR count). The molecule has 5 heteroatoms. The lowest BCUT2D eigenvalue weighted by molar-refractivity contribution is -0.0101. The van der Waals surface area contributed by atoms with Crippen molar-refractivity contribution in [2.24, 2.45) is 0 Å². The van der Waals surface area contributed by atoms with Gasteiger partial charge in [-0.05, 0) is 35.6 Å². The van der Waals surface area contributed by atoms with Gasteiger partial charge in [0, 0.05) is 6.42 Å². The fourth-order valence-corrected chi connectivity index (χ4v) is 2.78. The van der Waals surface area contributed by atoms with Crippen LogP contribution >= 0.6 is 24.4 Å². The molecule has 3 nitrogen and oxygen atoms in total. The zero-order valence-electron chi connectivity index (χ0n) is 12.5. The Morgan fingerprint density at radius 2 is 1.39 bits per heavy atom. The van der Waals surface area contributed by atoms with Crippen LogP contribution < -0.4 is 0 Å². The Labute approximate surface area is 146 Å². The molecule has 0 amide bonds. The third-order valence-electron chi connectivity index (χ3n) is 3.52. The van der Waals surface area contributed by atoms with Crippen LogP contribution in [0.1, 0.15) is 17.5 Å². The molecule has 0 aromatic heterocycles. The lowest BCUT2D eigenvalue weighted by Crippen LogP contribution is -2.44. The van der Waals surface area contributed by atoms with Gasteiger partial charge >= 0.3 is 0 Å². The Morgan fingerprint density at radius 1 is 0.870 bits per heavy atom. The van der Waals surface area contributed by atoms with Gasteiger partial charge in [0.05, 0.1) is 13.0 Å². The highest BCUT2D eigenvalue weighted by molar-refractivity contribution is 7.80. The first-order chi connectivity index (χ1) is 11.0. The van der Waals surface area contributed by atoms with Crippen LogP contribution in [0.5, 0.6) is 0 Å². The number of rotatable bonds is 8. The lowest BCUT2D eigenvalue weighted by Gasteiger charge is -2.31. The van der Waals surface area contributed by atoms with E-state index in [-0.39, 0.29) is 23.1 Å². The van der Waals surface area contributed by atoms with Crippen LogP contribution in [0, 0.1) is 0 Å². The Hall–Kier alpha value is -1.82. The third-order valence-corrected chi connectivity index (χ3v) is 4.03. The zero-order valence-corrected chi connectivity index (χ0v) is 14.1. The number of benzene rings is 2. The summed E-state index contributed by atoms with van der Waals surface area (Å²) in [5.41, 5.74) is 0.663. The normalized spacial score (nSPS) is 13.2. The Kier molecular flexibility index (Phi) is 6.21. The van der Waals surface area contributed by atoms with E-state index in [1.807, 2.05) is 60.7 Å². The van der Waals surface area contributed by atoms with Crippen molar-refractivity contribution in [3.8, 4) is 0 Å². The van der Waals surface area contributed by atoms with Crippen molar-refractivity contribution in [2.75, 3.05) is 0 Å². The topological polar surface area (TPSA) is 49.7 Å². The van der Waals surface area contributed by atoms with Crippen LogP contribution in [0.15, 0.2) is 60.7 Å². The maximum Gasteiger partial charge on any atom is 0.190 e. The van der Waals surface area contributed by atoms with Crippen LogP contribution in [0.2, 0.25) is 0 Å². The summed E-state index contributed by atoms with van der Waals surface area (Å²) in [5, 5.41) is 19.1. The summed E-state index contributed by atoms with van der Waals surface area (Å²) in [7, 11) is 0. The quantitative estimate of drug-likeness (QED) is 0.696. The van der Waals surface area contributed by atoms with Gasteiger partial charge in [-0.15, -0.1) is 0 Å². The molecule has 0 bridgehead atoms. The second kappa shape index (κ2) is 8.15. The minimum atomic E-state index is -1.22. The first kappa shape index (κ1) is 17.5. The Morgan fingerprint density at radius 3 is 1.87 bits per heavy atom. The maximum absolute atomic E-state index is 10.1. The van der Waals surface area contributed by atoms with E-state index in [9.17, 15) is 10.2 Å². The molecule has 0 fully saturated rings. The molecular weight excluding hydrogens is 328 g/mol. The van der Waals surface area contributed by atoms with Gasteiger partial charge in [-0.25, -0.2) is 0 Å².